The van der Waals surface area contributed by atoms with E-state index < -0.39 is 11.7 Å². The molecule has 0 fully saturated rings. The number of halogens is 3. The Hall–Kier alpha value is -1.52. The van der Waals surface area contributed by atoms with E-state index >= 15 is 0 Å². The Morgan fingerprint density at radius 3 is 2.22 bits per heavy atom. The first-order valence-electron chi connectivity index (χ1n) is 5.62. The van der Waals surface area contributed by atoms with Crippen molar-refractivity contribution < 1.29 is 22.7 Å². The van der Waals surface area contributed by atoms with E-state index in [1.54, 1.807) is 0 Å². The van der Waals surface area contributed by atoms with E-state index in [1.807, 2.05) is 6.92 Å². The van der Waals surface area contributed by atoms with Crippen molar-refractivity contribution in [2.24, 2.45) is 5.92 Å². The van der Waals surface area contributed by atoms with Crippen LogP contribution in [0.4, 0.5) is 13.2 Å². The molecule has 100 valence electrons. The summed E-state index contributed by atoms with van der Waals surface area (Å²) in [6, 6.07) is 4.85. The van der Waals surface area contributed by atoms with Gasteiger partial charge in [-0.3, -0.25) is 4.79 Å². The summed E-state index contributed by atoms with van der Waals surface area (Å²) in [7, 11) is 1.30. The zero-order valence-corrected chi connectivity index (χ0v) is 10.3. The summed E-state index contributed by atoms with van der Waals surface area (Å²) in [5.41, 5.74) is 0.0117. The summed E-state index contributed by atoms with van der Waals surface area (Å²) in [5, 5.41) is 0. The largest absolute Gasteiger partial charge is 0.469 e. The molecule has 1 rings (SSSR count). The number of carbonyl (C=O) groups is 1. The minimum atomic E-state index is -4.33. The van der Waals surface area contributed by atoms with Crippen molar-refractivity contribution in [2.45, 2.75) is 25.9 Å². The summed E-state index contributed by atoms with van der Waals surface area (Å²) in [6.07, 6.45) is -3.35. The second kappa shape index (κ2) is 5.89. The Balaban J connectivity index is 2.77. The van der Waals surface area contributed by atoms with Crippen LogP contribution in [0.1, 0.15) is 24.5 Å². The van der Waals surface area contributed by atoms with Gasteiger partial charge >= 0.3 is 12.1 Å². The normalized spacial score (nSPS) is 13.2. The van der Waals surface area contributed by atoms with Crippen molar-refractivity contribution in [3.63, 3.8) is 0 Å². The van der Waals surface area contributed by atoms with Gasteiger partial charge in [0.25, 0.3) is 0 Å². The van der Waals surface area contributed by atoms with Crippen molar-refractivity contribution in [1.29, 1.82) is 0 Å². The van der Waals surface area contributed by atoms with E-state index in [0.717, 1.165) is 12.1 Å². The predicted octanol–water partition coefficient (Wildman–Crippen LogP) is 3.45. The van der Waals surface area contributed by atoms with Crippen LogP contribution in [0.15, 0.2) is 24.3 Å². The Kier molecular flexibility index (Phi) is 4.76. The van der Waals surface area contributed by atoms with Crippen LogP contribution >= 0.6 is 0 Å². The average Bonchev–Trinajstić information content (AvgIpc) is 2.34. The highest BCUT2D eigenvalue weighted by atomic mass is 19.4. The average molecular weight is 260 g/mol. The summed E-state index contributed by atoms with van der Waals surface area (Å²) in [4.78, 5) is 11.4. The molecular weight excluding hydrogens is 245 g/mol. The van der Waals surface area contributed by atoms with Gasteiger partial charge in [-0.15, -0.1) is 0 Å². The van der Waals surface area contributed by atoms with Crippen LogP contribution in [-0.2, 0) is 22.1 Å². The van der Waals surface area contributed by atoms with Crippen molar-refractivity contribution in [3.05, 3.63) is 35.4 Å². The number of rotatable bonds is 4. The molecule has 0 heterocycles. The summed E-state index contributed by atoms with van der Waals surface area (Å²) < 4.78 is 41.7. The Labute approximate surface area is 104 Å². The zero-order chi connectivity index (χ0) is 13.8. The highest BCUT2D eigenvalue weighted by molar-refractivity contribution is 5.72. The summed E-state index contributed by atoms with van der Waals surface area (Å²) >= 11 is 0. The van der Waals surface area contributed by atoms with E-state index in [2.05, 4.69) is 4.74 Å². The zero-order valence-electron chi connectivity index (χ0n) is 10.3. The van der Waals surface area contributed by atoms with Crippen LogP contribution in [0.5, 0.6) is 0 Å². The first kappa shape index (κ1) is 14.5. The van der Waals surface area contributed by atoms with E-state index in [0.29, 0.717) is 18.4 Å². The minimum Gasteiger partial charge on any atom is -0.469 e. The molecule has 0 aliphatic rings. The molecule has 1 atom stereocenters. The van der Waals surface area contributed by atoms with Crippen molar-refractivity contribution in [1.82, 2.24) is 0 Å². The highest BCUT2D eigenvalue weighted by Crippen LogP contribution is 2.29. The maximum Gasteiger partial charge on any atom is 0.416 e. The fourth-order valence-electron chi connectivity index (χ4n) is 1.68. The third kappa shape index (κ3) is 3.75. The molecule has 18 heavy (non-hydrogen) atoms. The van der Waals surface area contributed by atoms with Gasteiger partial charge in [0, 0.05) is 0 Å². The third-order valence-corrected chi connectivity index (χ3v) is 2.79. The molecule has 0 saturated heterocycles. The fraction of sp³-hybridized carbons (Fsp3) is 0.462. The first-order valence-corrected chi connectivity index (χ1v) is 5.62. The highest BCUT2D eigenvalue weighted by Gasteiger charge is 2.30. The van der Waals surface area contributed by atoms with Crippen LogP contribution in [0.3, 0.4) is 0 Å². The Bertz CT molecular complexity index is 396. The lowest BCUT2D eigenvalue weighted by Crippen LogP contribution is -2.17. The van der Waals surface area contributed by atoms with Gasteiger partial charge in [-0.2, -0.15) is 13.2 Å². The molecule has 2 nitrogen and oxygen atoms in total. The molecule has 0 aliphatic carbocycles. The van der Waals surface area contributed by atoms with Crippen LogP contribution in [0.25, 0.3) is 0 Å². The molecule has 0 N–H and O–H groups in total. The molecule has 1 unspecified atom stereocenters. The van der Waals surface area contributed by atoms with Crippen LogP contribution in [-0.4, -0.2) is 13.1 Å². The van der Waals surface area contributed by atoms with Crippen LogP contribution < -0.4 is 0 Å². The van der Waals surface area contributed by atoms with Gasteiger partial charge in [0.15, 0.2) is 0 Å². The lowest BCUT2D eigenvalue weighted by Gasteiger charge is -2.13. The van der Waals surface area contributed by atoms with Crippen molar-refractivity contribution in [3.8, 4) is 0 Å². The predicted molar refractivity (Wildman–Crippen MR) is 60.9 cm³/mol. The number of carbonyl (C=O) groups excluding carboxylic acids is 1. The van der Waals surface area contributed by atoms with Gasteiger partial charge in [-0.25, -0.2) is 0 Å². The van der Waals surface area contributed by atoms with Gasteiger partial charge in [0.1, 0.15) is 0 Å². The summed E-state index contributed by atoms with van der Waals surface area (Å²) in [5.74, 6) is -0.649. The maximum absolute atomic E-state index is 12.4. The third-order valence-electron chi connectivity index (χ3n) is 2.79. The summed E-state index contributed by atoms with van der Waals surface area (Å²) in [6.45, 7) is 1.84. The quantitative estimate of drug-likeness (QED) is 0.775. The molecule has 1 aromatic carbocycles. The topological polar surface area (TPSA) is 26.3 Å². The molecule has 1 aromatic rings. The monoisotopic (exact) mass is 260 g/mol. The standard InChI is InChI=1S/C13H15F3O2/c1-3-10(12(17)18-2)8-9-4-6-11(7-5-9)13(14,15)16/h4-7,10H,3,8H2,1-2H3. The number of methoxy groups -OCH3 is 1. The van der Waals surface area contributed by atoms with Gasteiger partial charge in [-0.05, 0) is 30.5 Å². The van der Waals surface area contributed by atoms with Gasteiger partial charge in [-0.1, -0.05) is 19.1 Å². The van der Waals surface area contributed by atoms with Crippen molar-refractivity contribution >= 4 is 5.97 Å². The Morgan fingerprint density at radius 1 is 1.28 bits per heavy atom. The molecule has 0 saturated carbocycles. The van der Waals surface area contributed by atoms with Crippen molar-refractivity contribution in [2.75, 3.05) is 7.11 Å². The Morgan fingerprint density at radius 2 is 1.83 bits per heavy atom. The van der Waals surface area contributed by atoms with Gasteiger partial charge < -0.3 is 4.74 Å². The smallest absolute Gasteiger partial charge is 0.416 e. The van der Waals surface area contributed by atoms with Crippen LogP contribution in [0.2, 0.25) is 0 Å². The molecule has 0 radical (unpaired) electrons. The molecule has 0 aromatic heterocycles. The van der Waals surface area contributed by atoms with Gasteiger partial charge in [0.05, 0.1) is 18.6 Å². The second-order valence-corrected chi connectivity index (χ2v) is 4.03. The SMILES string of the molecule is CCC(Cc1ccc(C(F)(F)F)cc1)C(=O)OC. The van der Waals surface area contributed by atoms with Crippen LogP contribution in [0, 0.1) is 5.92 Å². The van der Waals surface area contributed by atoms with E-state index in [1.165, 1.54) is 19.2 Å². The molecule has 0 bridgehead atoms. The lowest BCUT2D eigenvalue weighted by atomic mass is 9.96. The van der Waals surface area contributed by atoms with Gasteiger partial charge in [0.2, 0.25) is 0 Å². The minimum absolute atomic E-state index is 0.313. The number of benzene rings is 1. The lowest BCUT2D eigenvalue weighted by molar-refractivity contribution is -0.145. The number of alkyl halides is 3. The molecule has 5 heteroatoms. The number of esters is 1. The molecule has 0 aliphatic heterocycles. The fourth-order valence-corrected chi connectivity index (χ4v) is 1.68. The molecule has 0 amide bonds. The second-order valence-electron chi connectivity index (χ2n) is 4.03. The number of ether oxygens (including phenoxy) is 1. The number of hydrogen-bond acceptors (Lipinski definition) is 2. The molecular formula is C13H15F3O2. The number of hydrogen-bond donors (Lipinski definition) is 0. The first-order chi connectivity index (χ1) is 8.38. The molecule has 0 spiro atoms. The van der Waals surface area contributed by atoms with E-state index in [9.17, 15) is 18.0 Å². The van der Waals surface area contributed by atoms with E-state index in [-0.39, 0.29) is 11.9 Å². The maximum atomic E-state index is 12.4. The van der Waals surface area contributed by atoms with E-state index in [4.69, 9.17) is 0 Å².